The van der Waals surface area contributed by atoms with Crippen molar-refractivity contribution in [2.75, 3.05) is 13.1 Å². The average molecular weight is 282 g/mol. The minimum atomic E-state index is -0.210. The third-order valence-electron chi connectivity index (χ3n) is 3.59. The Bertz CT molecular complexity index is 630. The molecule has 0 amide bonds. The number of halogens is 2. The summed E-state index contributed by atoms with van der Waals surface area (Å²) in [4.78, 5) is 0. The zero-order valence-electron chi connectivity index (χ0n) is 11.0. The molecular weight excluding hydrogens is 265 g/mol. The number of rotatable bonds is 1. The highest BCUT2D eigenvalue weighted by Crippen LogP contribution is 2.40. The molecule has 2 heterocycles. The Morgan fingerprint density at radius 2 is 2.05 bits per heavy atom. The van der Waals surface area contributed by atoms with E-state index in [2.05, 4.69) is 25.2 Å². The highest BCUT2D eigenvalue weighted by molar-refractivity contribution is 5.91. The lowest BCUT2D eigenvalue weighted by molar-refractivity contribution is 0.442. The van der Waals surface area contributed by atoms with Crippen LogP contribution in [-0.4, -0.2) is 13.1 Å². The molecular formula is C15H17ClFNO. The van der Waals surface area contributed by atoms with Crippen LogP contribution in [0.4, 0.5) is 4.39 Å². The Kier molecular flexibility index (Phi) is 3.70. The van der Waals surface area contributed by atoms with Crippen LogP contribution in [0.2, 0.25) is 0 Å². The fourth-order valence-electron chi connectivity index (χ4n) is 2.63. The molecule has 0 radical (unpaired) electrons. The number of nitrogens with one attached hydrogen (secondary N) is 1. The molecule has 1 aromatic carbocycles. The Morgan fingerprint density at radius 1 is 1.26 bits per heavy atom. The summed E-state index contributed by atoms with van der Waals surface area (Å²) in [6, 6.07) is 5.14. The molecule has 0 saturated heterocycles. The molecule has 2 nitrogen and oxygen atoms in total. The summed E-state index contributed by atoms with van der Waals surface area (Å²) in [5.41, 5.74) is 2.19. The van der Waals surface area contributed by atoms with Crippen molar-refractivity contribution in [3.8, 4) is 0 Å². The topological polar surface area (TPSA) is 25.2 Å². The molecule has 0 spiro atoms. The van der Waals surface area contributed by atoms with Crippen LogP contribution in [0.5, 0.6) is 0 Å². The number of benzene rings is 1. The van der Waals surface area contributed by atoms with E-state index < -0.39 is 0 Å². The first-order valence-electron chi connectivity index (χ1n) is 6.17. The first-order chi connectivity index (χ1) is 8.59. The third kappa shape index (κ3) is 2.28. The van der Waals surface area contributed by atoms with Gasteiger partial charge in [-0.25, -0.2) is 4.39 Å². The van der Waals surface area contributed by atoms with Gasteiger partial charge in [-0.15, -0.1) is 12.4 Å². The molecule has 0 aliphatic carbocycles. The van der Waals surface area contributed by atoms with Crippen molar-refractivity contribution in [3.63, 3.8) is 0 Å². The van der Waals surface area contributed by atoms with Gasteiger partial charge in [0.1, 0.15) is 11.4 Å². The van der Waals surface area contributed by atoms with Gasteiger partial charge < -0.3 is 9.73 Å². The normalized spacial score (nSPS) is 17.9. The van der Waals surface area contributed by atoms with Crippen molar-refractivity contribution in [3.05, 3.63) is 41.9 Å². The predicted molar refractivity (Wildman–Crippen MR) is 78.0 cm³/mol. The van der Waals surface area contributed by atoms with E-state index in [-0.39, 0.29) is 23.6 Å². The molecule has 102 valence electrons. The molecule has 0 bridgehead atoms. The Labute approximate surface area is 118 Å². The molecule has 0 fully saturated rings. The SMILES string of the molecule is CC1(C)CNCC=C1c1c(F)ccc2ccoc12.Cl. The Morgan fingerprint density at radius 3 is 2.79 bits per heavy atom. The van der Waals surface area contributed by atoms with Crippen LogP contribution < -0.4 is 5.32 Å². The lowest BCUT2D eigenvalue weighted by atomic mass is 9.77. The summed E-state index contributed by atoms with van der Waals surface area (Å²) in [5.74, 6) is -0.210. The van der Waals surface area contributed by atoms with Crippen LogP contribution >= 0.6 is 12.4 Å². The van der Waals surface area contributed by atoms with Gasteiger partial charge in [-0.3, -0.25) is 0 Å². The summed E-state index contributed by atoms with van der Waals surface area (Å²) in [5, 5.41) is 4.25. The van der Waals surface area contributed by atoms with Gasteiger partial charge in [-0.1, -0.05) is 19.9 Å². The minimum Gasteiger partial charge on any atom is -0.464 e. The maximum atomic E-state index is 14.2. The molecule has 2 aromatic rings. The molecule has 4 heteroatoms. The van der Waals surface area contributed by atoms with Gasteiger partial charge in [-0.2, -0.15) is 0 Å². The molecule has 1 N–H and O–H groups in total. The second-order valence-corrected chi connectivity index (χ2v) is 5.39. The average Bonchev–Trinajstić information content (AvgIpc) is 2.78. The number of hydrogen-bond donors (Lipinski definition) is 1. The molecule has 1 aliphatic heterocycles. The number of furan rings is 1. The summed E-state index contributed by atoms with van der Waals surface area (Å²) < 4.78 is 19.7. The maximum absolute atomic E-state index is 14.2. The second kappa shape index (κ2) is 4.99. The van der Waals surface area contributed by atoms with E-state index in [1.165, 1.54) is 6.07 Å². The Hall–Kier alpha value is -1.32. The van der Waals surface area contributed by atoms with Gasteiger partial charge in [-0.05, 0) is 23.8 Å². The molecule has 19 heavy (non-hydrogen) atoms. The van der Waals surface area contributed by atoms with Gasteiger partial charge >= 0.3 is 0 Å². The molecule has 0 atom stereocenters. The monoisotopic (exact) mass is 281 g/mol. The van der Waals surface area contributed by atoms with Crippen LogP contribution in [0.15, 0.2) is 35.0 Å². The van der Waals surface area contributed by atoms with Gasteiger partial charge in [0.05, 0.1) is 11.8 Å². The van der Waals surface area contributed by atoms with Crippen LogP contribution in [0, 0.1) is 11.2 Å². The zero-order chi connectivity index (χ0) is 12.8. The number of hydrogen-bond acceptors (Lipinski definition) is 2. The standard InChI is InChI=1S/C15H16FNO.ClH/c1-15(2)9-17-7-5-11(15)13-12(16)4-3-10-6-8-18-14(10)13;/h3-6,8,17H,7,9H2,1-2H3;1H. The van der Waals surface area contributed by atoms with Gasteiger partial charge in [0.15, 0.2) is 0 Å². The maximum Gasteiger partial charge on any atom is 0.144 e. The van der Waals surface area contributed by atoms with Crippen LogP contribution in [0.3, 0.4) is 0 Å². The van der Waals surface area contributed by atoms with E-state index in [9.17, 15) is 4.39 Å². The molecule has 0 saturated carbocycles. The third-order valence-corrected chi connectivity index (χ3v) is 3.59. The molecule has 1 aliphatic rings. The highest BCUT2D eigenvalue weighted by atomic mass is 35.5. The van der Waals surface area contributed by atoms with Crippen LogP contribution in [0.25, 0.3) is 16.5 Å². The van der Waals surface area contributed by atoms with E-state index in [0.717, 1.165) is 24.0 Å². The van der Waals surface area contributed by atoms with Gasteiger partial charge in [0, 0.05) is 23.9 Å². The molecule has 1 aromatic heterocycles. The van der Waals surface area contributed by atoms with Crippen LogP contribution in [0.1, 0.15) is 19.4 Å². The van der Waals surface area contributed by atoms with E-state index in [1.807, 2.05) is 6.07 Å². The smallest absolute Gasteiger partial charge is 0.144 e. The fourth-order valence-corrected chi connectivity index (χ4v) is 2.63. The summed E-state index contributed by atoms with van der Waals surface area (Å²) in [6.07, 6.45) is 3.67. The van der Waals surface area contributed by atoms with Crippen molar-refractivity contribution >= 4 is 28.9 Å². The first-order valence-corrected chi connectivity index (χ1v) is 6.17. The lowest BCUT2D eigenvalue weighted by Crippen LogP contribution is -2.35. The Balaban J connectivity index is 0.00000133. The minimum absolute atomic E-state index is 0. The predicted octanol–water partition coefficient (Wildman–Crippen LogP) is 4.01. The molecule has 0 unspecified atom stereocenters. The zero-order valence-corrected chi connectivity index (χ0v) is 11.8. The van der Waals surface area contributed by atoms with E-state index >= 15 is 0 Å². The number of fused-ring (bicyclic) bond motifs is 1. The van der Waals surface area contributed by atoms with Gasteiger partial charge in [0.25, 0.3) is 0 Å². The van der Waals surface area contributed by atoms with Crippen molar-refractivity contribution in [1.82, 2.24) is 5.32 Å². The molecule has 3 rings (SSSR count). The lowest BCUT2D eigenvalue weighted by Gasteiger charge is -2.32. The second-order valence-electron chi connectivity index (χ2n) is 5.39. The fraction of sp³-hybridized carbons (Fsp3) is 0.333. The van der Waals surface area contributed by atoms with Crippen molar-refractivity contribution in [2.45, 2.75) is 13.8 Å². The largest absolute Gasteiger partial charge is 0.464 e. The van der Waals surface area contributed by atoms with Crippen molar-refractivity contribution in [1.29, 1.82) is 0 Å². The van der Waals surface area contributed by atoms with E-state index in [0.29, 0.717) is 11.1 Å². The van der Waals surface area contributed by atoms with E-state index in [1.54, 1.807) is 12.3 Å². The summed E-state index contributed by atoms with van der Waals surface area (Å²) in [7, 11) is 0. The summed E-state index contributed by atoms with van der Waals surface area (Å²) >= 11 is 0. The van der Waals surface area contributed by atoms with Crippen molar-refractivity contribution < 1.29 is 8.81 Å². The first kappa shape index (κ1) is 14.1. The highest BCUT2D eigenvalue weighted by Gasteiger charge is 2.30. The van der Waals surface area contributed by atoms with Crippen LogP contribution in [-0.2, 0) is 0 Å². The van der Waals surface area contributed by atoms with Crippen molar-refractivity contribution in [2.24, 2.45) is 5.41 Å². The van der Waals surface area contributed by atoms with Gasteiger partial charge in [0.2, 0.25) is 0 Å². The quantitative estimate of drug-likeness (QED) is 0.854. The summed E-state index contributed by atoms with van der Waals surface area (Å²) in [6.45, 7) is 5.85. The van der Waals surface area contributed by atoms with E-state index in [4.69, 9.17) is 4.42 Å².